The lowest BCUT2D eigenvalue weighted by molar-refractivity contribution is -0.118. The molecule has 4 rings (SSSR count). The molecule has 0 saturated carbocycles. The highest BCUT2D eigenvalue weighted by molar-refractivity contribution is 6.32. The number of nitrogens with zero attached hydrogens (tertiary/aromatic N) is 1. The van der Waals surface area contributed by atoms with E-state index in [1.165, 1.54) is 0 Å². The van der Waals surface area contributed by atoms with Crippen LogP contribution < -0.4 is 15.8 Å². The number of hydrazine groups is 1. The van der Waals surface area contributed by atoms with Gasteiger partial charge in [-0.05, 0) is 42.0 Å². The zero-order chi connectivity index (χ0) is 16.0. The van der Waals surface area contributed by atoms with E-state index >= 15 is 0 Å². The lowest BCUT2D eigenvalue weighted by atomic mass is 9.95. The van der Waals surface area contributed by atoms with Crippen LogP contribution in [0.2, 0.25) is 5.02 Å². The topological polar surface area (TPSA) is 64.6 Å². The monoisotopic (exact) mass is 327 g/mol. The Balaban J connectivity index is 1.66. The van der Waals surface area contributed by atoms with Gasteiger partial charge in [0.1, 0.15) is 5.75 Å². The molecular weight excluding hydrogens is 314 g/mol. The van der Waals surface area contributed by atoms with Crippen molar-refractivity contribution in [1.82, 2.24) is 5.43 Å². The van der Waals surface area contributed by atoms with Gasteiger partial charge in [0, 0.05) is 28.4 Å². The number of fused-ring (bicyclic) bond motifs is 1. The molecule has 0 radical (unpaired) electrons. The lowest BCUT2D eigenvalue weighted by Crippen LogP contribution is -2.50. The Kier molecular flexibility index (Phi) is 3.16. The van der Waals surface area contributed by atoms with Gasteiger partial charge in [-0.2, -0.15) is 0 Å². The summed E-state index contributed by atoms with van der Waals surface area (Å²) in [5.74, 6) is 0.0498. The fourth-order valence-corrected chi connectivity index (χ4v) is 3.15. The lowest BCUT2D eigenvalue weighted by Gasteiger charge is -2.35. The van der Waals surface area contributed by atoms with Gasteiger partial charge in [-0.1, -0.05) is 17.7 Å². The van der Waals surface area contributed by atoms with E-state index in [1.807, 2.05) is 18.2 Å². The van der Waals surface area contributed by atoms with Crippen molar-refractivity contribution < 1.29 is 9.90 Å². The van der Waals surface area contributed by atoms with Gasteiger partial charge >= 0.3 is 0 Å². The normalized spacial score (nSPS) is 16.4. The number of carbonyl (C=O) groups excluding carboxylic acids is 1. The first-order valence-electron chi connectivity index (χ1n) is 7.26. The fraction of sp³-hybridized carbons (Fsp3) is 0.118. The van der Waals surface area contributed by atoms with Gasteiger partial charge in [0.25, 0.3) is 5.91 Å². The van der Waals surface area contributed by atoms with Crippen LogP contribution in [0, 0.1) is 0 Å². The number of rotatable bonds is 1. The highest BCUT2D eigenvalue weighted by Gasteiger charge is 2.30. The van der Waals surface area contributed by atoms with Crippen LogP contribution in [0.5, 0.6) is 5.75 Å². The number of nitrogens with one attached hydrogen (secondary N) is 2. The minimum atomic E-state index is -0.141. The van der Waals surface area contributed by atoms with Crippen LogP contribution >= 0.6 is 11.6 Å². The summed E-state index contributed by atoms with van der Waals surface area (Å²) in [5, 5.41) is 15.1. The molecule has 0 aromatic heterocycles. The smallest absolute Gasteiger partial charge is 0.267 e. The molecule has 2 aliphatic heterocycles. The van der Waals surface area contributed by atoms with Crippen molar-refractivity contribution >= 4 is 28.9 Å². The second-order valence-corrected chi connectivity index (χ2v) is 5.98. The number of hydrogen-bond acceptors (Lipinski definition) is 4. The molecule has 6 heteroatoms. The van der Waals surface area contributed by atoms with E-state index in [0.29, 0.717) is 23.6 Å². The van der Waals surface area contributed by atoms with Crippen molar-refractivity contribution in [3.63, 3.8) is 0 Å². The largest absolute Gasteiger partial charge is 0.508 e. The molecule has 0 bridgehead atoms. The molecule has 2 aromatic rings. The number of halogens is 1. The average molecular weight is 328 g/mol. The van der Waals surface area contributed by atoms with Crippen molar-refractivity contribution in [3.8, 4) is 5.75 Å². The third-order valence-corrected chi connectivity index (χ3v) is 4.46. The molecular formula is C17H14ClN3O2. The molecule has 0 atom stereocenters. The molecule has 2 aliphatic rings. The molecule has 116 valence electrons. The molecule has 2 heterocycles. The SMILES string of the molecule is O=C1NN(c2ccc(O)cc2)CC2=C1Cc1c(Cl)cccc1N2. The summed E-state index contributed by atoms with van der Waals surface area (Å²) >= 11 is 6.23. The van der Waals surface area contributed by atoms with E-state index in [4.69, 9.17) is 11.6 Å². The minimum absolute atomic E-state index is 0.141. The summed E-state index contributed by atoms with van der Waals surface area (Å²) in [6, 6.07) is 12.4. The van der Waals surface area contributed by atoms with Crippen LogP contribution in [0.4, 0.5) is 11.4 Å². The van der Waals surface area contributed by atoms with E-state index in [0.717, 1.165) is 22.6 Å². The molecule has 2 aromatic carbocycles. The molecule has 0 spiro atoms. The van der Waals surface area contributed by atoms with Crippen LogP contribution in [-0.4, -0.2) is 17.6 Å². The van der Waals surface area contributed by atoms with Crippen molar-refractivity contribution in [2.24, 2.45) is 0 Å². The minimum Gasteiger partial charge on any atom is -0.508 e. The number of aromatic hydroxyl groups is 1. The summed E-state index contributed by atoms with van der Waals surface area (Å²) in [6.45, 7) is 0.526. The predicted molar refractivity (Wildman–Crippen MR) is 89.4 cm³/mol. The Morgan fingerprint density at radius 3 is 2.70 bits per heavy atom. The van der Waals surface area contributed by atoms with Gasteiger partial charge < -0.3 is 10.4 Å². The maximum Gasteiger partial charge on any atom is 0.267 e. The molecule has 0 saturated heterocycles. The summed E-state index contributed by atoms with van der Waals surface area (Å²) in [7, 11) is 0. The Labute approximate surface area is 138 Å². The summed E-state index contributed by atoms with van der Waals surface area (Å²) in [6.07, 6.45) is 0.520. The van der Waals surface area contributed by atoms with Gasteiger partial charge in [0.2, 0.25) is 0 Å². The molecule has 0 unspecified atom stereocenters. The van der Waals surface area contributed by atoms with Crippen LogP contribution in [0.1, 0.15) is 5.56 Å². The van der Waals surface area contributed by atoms with Crippen molar-refractivity contribution in [2.75, 3.05) is 16.9 Å². The average Bonchev–Trinajstić information content (AvgIpc) is 2.54. The Morgan fingerprint density at radius 2 is 1.91 bits per heavy atom. The maximum absolute atomic E-state index is 12.5. The molecule has 23 heavy (non-hydrogen) atoms. The van der Waals surface area contributed by atoms with E-state index in [9.17, 15) is 9.90 Å². The molecule has 1 amide bonds. The maximum atomic E-state index is 12.5. The number of phenolic OH excluding ortho intramolecular Hbond substituents is 1. The quantitative estimate of drug-likeness (QED) is 0.753. The van der Waals surface area contributed by atoms with E-state index in [2.05, 4.69) is 10.7 Å². The van der Waals surface area contributed by atoms with Gasteiger partial charge in [-0.15, -0.1) is 0 Å². The summed E-state index contributed by atoms with van der Waals surface area (Å²) in [4.78, 5) is 12.5. The van der Waals surface area contributed by atoms with Crippen LogP contribution in [0.25, 0.3) is 0 Å². The number of phenols is 1. The first-order chi connectivity index (χ1) is 11.1. The standard InChI is InChI=1S/C17H14ClN3O2/c18-14-2-1-3-15-12(14)8-13-16(19-15)9-21(20-17(13)23)10-4-6-11(22)7-5-10/h1-7,19,22H,8-9H2,(H,20,23). The number of hydrogen-bond donors (Lipinski definition) is 3. The molecule has 5 nitrogen and oxygen atoms in total. The number of anilines is 2. The first-order valence-corrected chi connectivity index (χ1v) is 7.63. The number of carbonyl (C=O) groups is 1. The Morgan fingerprint density at radius 1 is 1.13 bits per heavy atom. The van der Waals surface area contributed by atoms with Crippen molar-refractivity contribution in [3.05, 3.63) is 64.3 Å². The fourth-order valence-electron chi connectivity index (χ4n) is 2.91. The van der Waals surface area contributed by atoms with Crippen molar-refractivity contribution in [2.45, 2.75) is 6.42 Å². The second-order valence-electron chi connectivity index (χ2n) is 5.57. The van der Waals surface area contributed by atoms with E-state index in [1.54, 1.807) is 29.3 Å². The zero-order valence-corrected chi connectivity index (χ0v) is 12.9. The van der Waals surface area contributed by atoms with Gasteiger partial charge in [-0.25, -0.2) is 0 Å². The Bertz CT molecular complexity index is 830. The molecule has 0 fully saturated rings. The van der Waals surface area contributed by atoms with E-state index < -0.39 is 0 Å². The van der Waals surface area contributed by atoms with Crippen LogP contribution in [0.15, 0.2) is 53.7 Å². The summed E-state index contributed by atoms with van der Waals surface area (Å²) in [5.41, 5.74) is 7.15. The third kappa shape index (κ3) is 2.39. The molecule has 3 N–H and O–H groups in total. The van der Waals surface area contributed by atoms with Gasteiger partial charge in [0.15, 0.2) is 0 Å². The number of benzene rings is 2. The van der Waals surface area contributed by atoms with Crippen LogP contribution in [-0.2, 0) is 11.2 Å². The molecule has 0 aliphatic carbocycles. The first kappa shape index (κ1) is 14.0. The highest BCUT2D eigenvalue weighted by Crippen LogP contribution is 2.34. The second kappa shape index (κ2) is 5.21. The predicted octanol–water partition coefficient (Wildman–Crippen LogP) is 2.82. The van der Waals surface area contributed by atoms with Crippen molar-refractivity contribution in [1.29, 1.82) is 0 Å². The zero-order valence-electron chi connectivity index (χ0n) is 12.1. The Hall–Kier alpha value is -2.66. The van der Waals surface area contributed by atoms with Gasteiger partial charge in [-0.3, -0.25) is 15.2 Å². The highest BCUT2D eigenvalue weighted by atomic mass is 35.5. The summed E-state index contributed by atoms with van der Waals surface area (Å²) < 4.78 is 0. The third-order valence-electron chi connectivity index (χ3n) is 4.11. The van der Waals surface area contributed by atoms with E-state index in [-0.39, 0.29) is 11.7 Å². The van der Waals surface area contributed by atoms with Gasteiger partial charge in [0.05, 0.1) is 12.2 Å². The number of amides is 1. The van der Waals surface area contributed by atoms with Crippen LogP contribution in [0.3, 0.4) is 0 Å².